The molecule has 128 valence electrons. The lowest BCUT2D eigenvalue weighted by Crippen LogP contribution is -2.27. The van der Waals surface area contributed by atoms with Crippen LogP contribution >= 0.6 is 0 Å². The van der Waals surface area contributed by atoms with Crippen LogP contribution in [0.15, 0.2) is 59.5 Å². The summed E-state index contributed by atoms with van der Waals surface area (Å²) in [6.45, 7) is 5.08. The van der Waals surface area contributed by atoms with Gasteiger partial charge in [-0.05, 0) is 43.2 Å². The van der Waals surface area contributed by atoms with E-state index >= 15 is 0 Å². The minimum atomic E-state index is -3.87. The average molecular weight is 348 g/mol. The number of ether oxygens (including phenoxy) is 1. The number of hydrogen-bond donors (Lipinski definition) is 0. The Hall–Kier alpha value is -2.34. The van der Waals surface area contributed by atoms with Crippen LogP contribution in [0.5, 0.6) is 5.75 Å². The molecule has 0 N–H and O–H groups in total. The lowest BCUT2D eigenvalue weighted by molar-refractivity contribution is -0.156. The molecule has 0 saturated carbocycles. The van der Waals surface area contributed by atoms with Crippen molar-refractivity contribution in [2.45, 2.75) is 37.7 Å². The molecule has 0 radical (unpaired) electrons. The van der Waals surface area contributed by atoms with Crippen LogP contribution in [-0.2, 0) is 25.3 Å². The molecule has 0 aromatic heterocycles. The summed E-state index contributed by atoms with van der Waals surface area (Å²) in [5.74, 6) is -0.171. The van der Waals surface area contributed by atoms with Crippen molar-refractivity contribution >= 4 is 16.1 Å². The van der Waals surface area contributed by atoms with Gasteiger partial charge in [-0.3, -0.25) is 4.79 Å². The van der Waals surface area contributed by atoms with Crippen LogP contribution in [0, 0.1) is 0 Å². The molecule has 0 saturated heterocycles. The highest BCUT2D eigenvalue weighted by atomic mass is 32.2. The standard InChI is InChI=1S/C18H20O5S/c1-4-18(3,22-14(2)19)15-10-12-16(13-11-15)23-24(20,21)17-8-6-5-7-9-17/h5-13H,4H2,1-3H3. The van der Waals surface area contributed by atoms with Gasteiger partial charge in [0, 0.05) is 6.92 Å². The van der Waals surface area contributed by atoms with Crippen molar-refractivity contribution in [3.05, 3.63) is 60.2 Å². The van der Waals surface area contributed by atoms with Gasteiger partial charge in [0.2, 0.25) is 0 Å². The Morgan fingerprint density at radius 3 is 2.12 bits per heavy atom. The Balaban J connectivity index is 2.22. The zero-order chi connectivity index (χ0) is 17.8. The fourth-order valence-electron chi connectivity index (χ4n) is 2.28. The van der Waals surface area contributed by atoms with E-state index in [1.165, 1.54) is 19.1 Å². The van der Waals surface area contributed by atoms with Crippen LogP contribution in [0.4, 0.5) is 0 Å². The van der Waals surface area contributed by atoms with Gasteiger partial charge in [0.05, 0.1) is 0 Å². The predicted octanol–water partition coefficient (Wildman–Crippen LogP) is 3.64. The topological polar surface area (TPSA) is 69.7 Å². The predicted molar refractivity (Wildman–Crippen MR) is 90.1 cm³/mol. The molecule has 0 amide bonds. The molecule has 0 aliphatic heterocycles. The van der Waals surface area contributed by atoms with E-state index in [1.54, 1.807) is 42.5 Å². The van der Waals surface area contributed by atoms with Crippen LogP contribution in [0.2, 0.25) is 0 Å². The second-order valence-electron chi connectivity index (χ2n) is 5.55. The van der Waals surface area contributed by atoms with Crippen LogP contribution in [0.3, 0.4) is 0 Å². The minimum absolute atomic E-state index is 0.0902. The zero-order valence-corrected chi connectivity index (χ0v) is 14.7. The summed E-state index contributed by atoms with van der Waals surface area (Å²) in [4.78, 5) is 11.4. The van der Waals surface area contributed by atoms with Crippen molar-refractivity contribution in [1.82, 2.24) is 0 Å². The first-order valence-electron chi connectivity index (χ1n) is 7.56. The lowest BCUT2D eigenvalue weighted by atomic mass is 9.93. The van der Waals surface area contributed by atoms with E-state index in [-0.39, 0.29) is 16.6 Å². The number of benzene rings is 2. The largest absolute Gasteiger partial charge is 0.455 e. The third kappa shape index (κ3) is 4.14. The molecule has 1 unspecified atom stereocenters. The average Bonchev–Trinajstić information content (AvgIpc) is 2.55. The fraction of sp³-hybridized carbons (Fsp3) is 0.278. The Kier molecular flexibility index (Phi) is 5.29. The van der Waals surface area contributed by atoms with Crippen LogP contribution in [0.25, 0.3) is 0 Å². The highest BCUT2D eigenvalue weighted by molar-refractivity contribution is 7.87. The number of esters is 1. The second-order valence-corrected chi connectivity index (χ2v) is 7.10. The van der Waals surface area contributed by atoms with E-state index in [0.717, 1.165) is 5.56 Å². The first-order chi connectivity index (χ1) is 11.3. The van der Waals surface area contributed by atoms with Gasteiger partial charge in [-0.25, -0.2) is 0 Å². The van der Waals surface area contributed by atoms with Crippen molar-refractivity contribution in [2.24, 2.45) is 0 Å². The molecule has 0 heterocycles. The van der Waals surface area contributed by atoms with Crippen molar-refractivity contribution in [3.63, 3.8) is 0 Å². The summed E-state index contributed by atoms with van der Waals surface area (Å²) in [7, 11) is -3.87. The summed E-state index contributed by atoms with van der Waals surface area (Å²) in [5.41, 5.74) is 0.00696. The van der Waals surface area contributed by atoms with E-state index in [0.29, 0.717) is 6.42 Å². The SMILES string of the molecule is CCC(C)(OC(C)=O)c1ccc(OS(=O)(=O)c2ccccc2)cc1. The summed E-state index contributed by atoms with van der Waals surface area (Å²) >= 11 is 0. The van der Waals surface area contributed by atoms with E-state index in [4.69, 9.17) is 8.92 Å². The van der Waals surface area contributed by atoms with Crippen molar-refractivity contribution in [1.29, 1.82) is 0 Å². The quantitative estimate of drug-likeness (QED) is 0.589. The third-order valence-corrected chi connectivity index (χ3v) is 5.01. The normalized spacial score (nSPS) is 13.8. The maximum atomic E-state index is 12.2. The summed E-state index contributed by atoms with van der Waals surface area (Å²) in [6, 6.07) is 14.4. The Morgan fingerprint density at radius 2 is 1.62 bits per heavy atom. The number of carbonyl (C=O) groups excluding carboxylic acids is 1. The van der Waals surface area contributed by atoms with Gasteiger partial charge in [-0.15, -0.1) is 0 Å². The van der Waals surface area contributed by atoms with Crippen molar-refractivity contribution in [3.8, 4) is 5.75 Å². The molecular formula is C18H20O5S. The summed E-state index contributed by atoms with van der Waals surface area (Å²) < 4.78 is 34.9. The van der Waals surface area contributed by atoms with Gasteiger partial charge in [0.25, 0.3) is 0 Å². The van der Waals surface area contributed by atoms with E-state index in [9.17, 15) is 13.2 Å². The molecule has 24 heavy (non-hydrogen) atoms. The van der Waals surface area contributed by atoms with Gasteiger partial charge in [0.15, 0.2) is 0 Å². The maximum Gasteiger partial charge on any atom is 0.339 e. The summed E-state index contributed by atoms with van der Waals surface area (Å²) in [5, 5.41) is 0. The van der Waals surface area contributed by atoms with Gasteiger partial charge in [0.1, 0.15) is 16.2 Å². The monoisotopic (exact) mass is 348 g/mol. The van der Waals surface area contributed by atoms with Gasteiger partial charge < -0.3 is 8.92 Å². The lowest BCUT2D eigenvalue weighted by Gasteiger charge is -2.28. The van der Waals surface area contributed by atoms with Gasteiger partial charge in [-0.1, -0.05) is 37.3 Å². The highest BCUT2D eigenvalue weighted by Crippen LogP contribution is 2.31. The van der Waals surface area contributed by atoms with Crippen molar-refractivity contribution < 1.29 is 22.1 Å². The first kappa shape index (κ1) is 18.0. The van der Waals surface area contributed by atoms with E-state index in [2.05, 4.69) is 0 Å². The molecule has 2 aromatic rings. The molecule has 2 rings (SSSR count). The fourth-order valence-corrected chi connectivity index (χ4v) is 3.23. The molecule has 0 spiro atoms. The van der Waals surface area contributed by atoms with Crippen LogP contribution in [0.1, 0.15) is 32.8 Å². The first-order valence-corrected chi connectivity index (χ1v) is 8.97. The minimum Gasteiger partial charge on any atom is -0.455 e. The Bertz CT molecular complexity index is 797. The van der Waals surface area contributed by atoms with Gasteiger partial charge in [-0.2, -0.15) is 8.42 Å². The third-order valence-electron chi connectivity index (χ3n) is 3.75. The molecule has 1 atom stereocenters. The van der Waals surface area contributed by atoms with Crippen molar-refractivity contribution in [2.75, 3.05) is 0 Å². The number of hydrogen-bond acceptors (Lipinski definition) is 5. The smallest absolute Gasteiger partial charge is 0.339 e. The molecule has 0 aliphatic rings. The molecule has 0 fully saturated rings. The molecule has 6 heteroatoms. The van der Waals surface area contributed by atoms with E-state index in [1.807, 2.05) is 13.8 Å². The summed E-state index contributed by atoms with van der Waals surface area (Å²) in [6.07, 6.45) is 0.592. The molecule has 0 bridgehead atoms. The Labute approximate surface area is 142 Å². The molecule has 0 aliphatic carbocycles. The van der Waals surface area contributed by atoms with Crippen LogP contribution in [-0.4, -0.2) is 14.4 Å². The number of carbonyl (C=O) groups is 1. The second kappa shape index (κ2) is 7.05. The molecule has 2 aromatic carbocycles. The highest BCUT2D eigenvalue weighted by Gasteiger charge is 2.28. The molecular weight excluding hydrogens is 328 g/mol. The Morgan fingerprint density at radius 1 is 1.04 bits per heavy atom. The zero-order valence-electron chi connectivity index (χ0n) is 13.9. The van der Waals surface area contributed by atoms with Crippen LogP contribution < -0.4 is 4.18 Å². The van der Waals surface area contributed by atoms with E-state index < -0.39 is 15.7 Å². The van der Waals surface area contributed by atoms with Gasteiger partial charge >= 0.3 is 16.1 Å². The molecule has 5 nitrogen and oxygen atoms in total. The number of rotatable bonds is 6. The maximum absolute atomic E-state index is 12.2.